The number of hydrogen-bond acceptors (Lipinski definition) is 4. The predicted molar refractivity (Wildman–Crippen MR) is 118 cm³/mol. The van der Waals surface area contributed by atoms with Crippen molar-refractivity contribution in [3.05, 3.63) is 77.1 Å². The van der Waals surface area contributed by atoms with Crippen molar-refractivity contribution < 1.29 is 4.74 Å². The van der Waals surface area contributed by atoms with Gasteiger partial charge in [0, 0.05) is 43.6 Å². The molecule has 2 aromatic carbocycles. The van der Waals surface area contributed by atoms with Gasteiger partial charge in [0.15, 0.2) is 0 Å². The van der Waals surface area contributed by atoms with Crippen molar-refractivity contribution in [3.8, 4) is 5.69 Å². The summed E-state index contributed by atoms with van der Waals surface area (Å²) in [5, 5.41) is 8.20. The molecule has 1 fully saturated rings. The SMILES string of the molecule is Cc1ccc(-n2cc(CNc3ccc(CCN4CCOCC4)cc3)c(C)n2)cc1. The van der Waals surface area contributed by atoms with Crippen molar-refractivity contribution in [3.63, 3.8) is 0 Å². The monoisotopic (exact) mass is 390 g/mol. The van der Waals surface area contributed by atoms with Crippen molar-refractivity contribution in [2.24, 2.45) is 0 Å². The van der Waals surface area contributed by atoms with Gasteiger partial charge in [-0.15, -0.1) is 0 Å². The summed E-state index contributed by atoms with van der Waals surface area (Å²) in [4.78, 5) is 2.48. The molecule has 0 bridgehead atoms. The number of anilines is 1. The van der Waals surface area contributed by atoms with Crippen LogP contribution in [0.5, 0.6) is 0 Å². The Morgan fingerprint density at radius 1 is 0.966 bits per heavy atom. The minimum absolute atomic E-state index is 0.769. The average molecular weight is 391 g/mol. The zero-order valence-electron chi connectivity index (χ0n) is 17.4. The summed E-state index contributed by atoms with van der Waals surface area (Å²) >= 11 is 0. The molecule has 1 aromatic heterocycles. The van der Waals surface area contributed by atoms with Crippen LogP contribution in [0, 0.1) is 13.8 Å². The molecular formula is C24H30N4O. The van der Waals surface area contributed by atoms with Crippen molar-refractivity contribution >= 4 is 5.69 Å². The normalized spacial score (nSPS) is 14.8. The van der Waals surface area contributed by atoms with E-state index >= 15 is 0 Å². The van der Waals surface area contributed by atoms with Crippen molar-refractivity contribution in [2.75, 3.05) is 38.2 Å². The van der Waals surface area contributed by atoms with Crippen molar-refractivity contribution in [1.82, 2.24) is 14.7 Å². The maximum absolute atomic E-state index is 5.41. The lowest BCUT2D eigenvalue weighted by Crippen LogP contribution is -2.37. The Morgan fingerprint density at radius 3 is 2.41 bits per heavy atom. The third-order valence-electron chi connectivity index (χ3n) is 5.56. The molecule has 0 saturated carbocycles. The summed E-state index contributed by atoms with van der Waals surface area (Å²) in [6.07, 6.45) is 3.20. The number of morpholine rings is 1. The number of ether oxygens (including phenoxy) is 1. The second kappa shape index (κ2) is 9.25. The van der Waals surface area contributed by atoms with Crippen LogP contribution in [0.3, 0.4) is 0 Å². The van der Waals surface area contributed by atoms with Gasteiger partial charge < -0.3 is 10.1 Å². The van der Waals surface area contributed by atoms with Gasteiger partial charge in [0.05, 0.1) is 24.6 Å². The summed E-state index contributed by atoms with van der Waals surface area (Å²) in [6, 6.07) is 17.2. The Balaban J connectivity index is 1.31. The predicted octanol–water partition coefficient (Wildman–Crippen LogP) is 3.98. The lowest BCUT2D eigenvalue weighted by atomic mass is 10.1. The van der Waals surface area contributed by atoms with Gasteiger partial charge >= 0.3 is 0 Å². The third kappa shape index (κ3) is 5.25. The molecule has 5 nitrogen and oxygen atoms in total. The number of nitrogens with zero attached hydrogens (tertiary/aromatic N) is 3. The second-order valence-electron chi connectivity index (χ2n) is 7.77. The molecule has 5 heteroatoms. The van der Waals surface area contributed by atoms with E-state index in [1.807, 2.05) is 4.68 Å². The molecule has 3 aromatic rings. The lowest BCUT2D eigenvalue weighted by molar-refractivity contribution is 0.0384. The van der Waals surface area contributed by atoms with E-state index in [0.29, 0.717) is 0 Å². The highest BCUT2D eigenvalue weighted by molar-refractivity contribution is 5.45. The van der Waals surface area contributed by atoms with Crippen LogP contribution in [-0.2, 0) is 17.7 Å². The first-order valence-corrected chi connectivity index (χ1v) is 10.4. The fourth-order valence-electron chi connectivity index (χ4n) is 3.60. The van der Waals surface area contributed by atoms with Gasteiger partial charge in [-0.3, -0.25) is 4.90 Å². The second-order valence-corrected chi connectivity index (χ2v) is 7.77. The molecule has 0 unspecified atom stereocenters. The topological polar surface area (TPSA) is 42.3 Å². The highest BCUT2D eigenvalue weighted by Gasteiger charge is 2.10. The molecule has 0 atom stereocenters. The lowest BCUT2D eigenvalue weighted by Gasteiger charge is -2.26. The average Bonchev–Trinajstić information content (AvgIpc) is 3.13. The van der Waals surface area contributed by atoms with Crippen LogP contribution in [0.4, 0.5) is 5.69 Å². The molecule has 0 spiro atoms. The molecule has 0 amide bonds. The van der Waals surface area contributed by atoms with Crippen LogP contribution in [0.2, 0.25) is 0 Å². The summed E-state index contributed by atoms with van der Waals surface area (Å²) < 4.78 is 7.37. The van der Waals surface area contributed by atoms with E-state index in [0.717, 1.165) is 62.9 Å². The first kappa shape index (κ1) is 19.7. The quantitative estimate of drug-likeness (QED) is 0.663. The number of rotatable bonds is 7. The van der Waals surface area contributed by atoms with Gasteiger partial charge in [0.2, 0.25) is 0 Å². The molecule has 1 N–H and O–H groups in total. The van der Waals surface area contributed by atoms with Gasteiger partial charge in [0.1, 0.15) is 0 Å². The smallest absolute Gasteiger partial charge is 0.0647 e. The van der Waals surface area contributed by atoms with E-state index in [4.69, 9.17) is 4.74 Å². The van der Waals surface area contributed by atoms with Crippen LogP contribution in [0.25, 0.3) is 5.69 Å². The van der Waals surface area contributed by atoms with Crippen LogP contribution < -0.4 is 5.32 Å². The molecule has 4 rings (SSSR count). The van der Waals surface area contributed by atoms with Crippen LogP contribution in [0.15, 0.2) is 54.7 Å². The van der Waals surface area contributed by atoms with E-state index in [-0.39, 0.29) is 0 Å². The maximum Gasteiger partial charge on any atom is 0.0647 e. The van der Waals surface area contributed by atoms with E-state index in [1.54, 1.807) is 0 Å². The highest BCUT2D eigenvalue weighted by atomic mass is 16.5. The zero-order valence-corrected chi connectivity index (χ0v) is 17.4. The van der Waals surface area contributed by atoms with Gasteiger partial charge in [0.25, 0.3) is 0 Å². The van der Waals surface area contributed by atoms with E-state index in [9.17, 15) is 0 Å². The van der Waals surface area contributed by atoms with E-state index in [1.165, 1.54) is 16.7 Å². The molecule has 1 aliphatic rings. The van der Waals surface area contributed by atoms with Gasteiger partial charge in [-0.2, -0.15) is 5.10 Å². The van der Waals surface area contributed by atoms with E-state index in [2.05, 4.69) is 83.9 Å². The number of nitrogens with one attached hydrogen (secondary N) is 1. The first-order chi connectivity index (χ1) is 14.2. The number of hydrogen-bond donors (Lipinski definition) is 1. The minimum atomic E-state index is 0.769. The van der Waals surface area contributed by atoms with Gasteiger partial charge in [-0.25, -0.2) is 4.68 Å². The summed E-state index contributed by atoms with van der Waals surface area (Å²) in [5.41, 5.74) is 7.14. The molecule has 152 valence electrons. The largest absolute Gasteiger partial charge is 0.381 e. The van der Waals surface area contributed by atoms with E-state index < -0.39 is 0 Å². The van der Waals surface area contributed by atoms with Gasteiger partial charge in [-0.1, -0.05) is 29.8 Å². The fourth-order valence-corrected chi connectivity index (χ4v) is 3.60. The van der Waals surface area contributed by atoms with Crippen LogP contribution in [-0.4, -0.2) is 47.5 Å². The molecule has 1 saturated heterocycles. The fraction of sp³-hybridized carbons (Fsp3) is 0.375. The zero-order chi connectivity index (χ0) is 20.1. The minimum Gasteiger partial charge on any atom is -0.381 e. The maximum atomic E-state index is 5.41. The first-order valence-electron chi connectivity index (χ1n) is 10.4. The Hall–Kier alpha value is -2.63. The number of aryl methyl sites for hydroxylation is 2. The molecule has 29 heavy (non-hydrogen) atoms. The van der Waals surface area contributed by atoms with Crippen LogP contribution >= 0.6 is 0 Å². The Kier molecular flexibility index (Phi) is 6.27. The van der Waals surface area contributed by atoms with Gasteiger partial charge in [-0.05, 0) is 50.1 Å². The Morgan fingerprint density at radius 2 is 1.69 bits per heavy atom. The summed E-state index contributed by atoms with van der Waals surface area (Å²) in [7, 11) is 0. The standard InChI is InChI=1S/C24H30N4O/c1-19-3-9-24(10-4-19)28-18-22(20(2)26-28)17-25-23-7-5-21(6-8-23)11-12-27-13-15-29-16-14-27/h3-10,18,25H,11-17H2,1-2H3. The molecular weight excluding hydrogens is 360 g/mol. The molecule has 1 aliphatic heterocycles. The number of benzene rings is 2. The molecule has 0 radical (unpaired) electrons. The molecule has 2 heterocycles. The number of aromatic nitrogens is 2. The Labute approximate surface area is 173 Å². The van der Waals surface area contributed by atoms with Crippen LogP contribution in [0.1, 0.15) is 22.4 Å². The third-order valence-corrected chi connectivity index (χ3v) is 5.56. The Bertz CT molecular complexity index is 909. The van der Waals surface area contributed by atoms with Crippen molar-refractivity contribution in [2.45, 2.75) is 26.8 Å². The molecule has 0 aliphatic carbocycles. The summed E-state index contributed by atoms with van der Waals surface area (Å²) in [6.45, 7) is 9.87. The summed E-state index contributed by atoms with van der Waals surface area (Å²) in [5.74, 6) is 0. The van der Waals surface area contributed by atoms with Crippen molar-refractivity contribution in [1.29, 1.82) is 0 Å². The highest BCUT2D eigenvalue weighted by Crippen LogP contribution is 2.16.